The van der Waals surface area contributed by atoms with Crippen molar-refractivity contribution in [1.29, 1.82) is 0 Å². The van der Waals surface area contributed by atoms with Crippen LogP contribution in [0.4, 0.5) is 0 Å². The minimum Gasteiger partial charge on any atom is -0.458 e. The molecule has 1 saturated heterocycles. The van der Waals surface area contributed by atoms with Crippen molar-refractivity contribution in [2.45, 2.75) is 37.8 Å². The van der Waals surface area contributed by atoms with E-state index >= 15 is 0 Å². The molecule has 220 valence electrons. The molecule has 1 N–H and O–H groups in total. The van der Waals surface area contributed by atoms with Gasteiger partial charge in [-0.2, -0.15) is 0 Å². The zero-order valence-electron chi connectivity index (χ0n) is 23.9. The Balaban J connectivity index is 1.40. The van der Waals surface area contributed by atoms with E-state index in [9.17, 15) is 19.2 Å². The van der Waals surface area contributed by atoms with Crippen LogP contribution in [0.1, 0.15) is 36.6 Å². The van der Waals surface area contributed by atoms with Gasteiger partial charge in [-0.15, -0.1) is 11.8 Å². The van der Waals surface area contributed by atoms with Gasteiger partial charge in [0.25, 0.3) is 5.91 Å². The summed E-state index contributed by atoms with van der Waals surface area (Å²) in [5.74, 6) is -1.64. The van der Waals surface area contributed by atoms with Crippen molar-refractivity contribution >= 4 is 35.5 Å². The van der Waals surface area contributed by atoms with Crippen molar-refractivity contribution in [3.05, 3.63) is 131 Å². The van der Waals surface area contributed by atoms with Gasteiger partial charge in [-0.25, -0.2) is 9.59 Å². The summed E-state index contributed by atoms with van der Waals surface area (Å²) in [6.45, 7) is 3.38. The molecular formula is C34H32N2O6S. The van der Waals surface area contributed by atoms with E-state index in [1.54, 1.807) is 13.8 Å². The summed E-state index contributed by atoms with van der Waals surface area (Å²) in [5, 5.41) is 2.33. The van der Waals surface area contributed by atoms with Crippen LogP contribution >= 0.6 is 11.8 Å². The average molecular weight is 597 g/mol. The molecule has 2 aliphatic heterocycles. The van der Waals surface area contributed by atoms with E-state index in [4.69, 9.17) is 9.47 Å². The van der Waals surface area contributed by atoms with E-state index in [1.165, 1.54) is 22.7 Å². The Bertz CT molecular complexity index is 1510. The molecule has 5 rings (SSSR count). The van der Waals surface area contributed by atoms with E-state index in [0.717, 1.165) is 22.3 Å². The quantitative estimate of drug-likeness (QED) is 0.205. The van der Waals surface area contributed by atoms with Crippen LogP contribution in [0.25, 0.3) is 0 Å². The van der Waals surface area contributed by atoms with E-state index in [1.807, 2.05) is 91.0 Å². The highest BCUT2D eigenvalue weighted by Crippen LogP contribution is 2.41. The molecule has 0 aromatic heterocycles. The predicted octanol–water partition coefficient (Wildman–Crippen LogP) is 4.73. The lowest BCUT2D eigenvalue weighted by molar-refractivity contribution is -0.155. The number of amides is 2. The van der Waals surface area contributed by atoms with Gasteiger partial charge in [0.05, 0.1) is 6.42 Å². The molecule has 3 aromatic rings. The Morgan fingerprint density at radius 3 is 2.09 bits per heavy atom. The van der Waals surface area contributed by atoms with E-state index < -0.39 is 35.4 Å². The van der Waals surface area contributed by atoms with Gasteiger partial charge in [0.1, 0.15) is 23.7 Å². The molecule has 2 aliphatic rings. The number of allylic oxidation sites excluding steroid dienone is 1. The number of β-lactam (4-membered cyclic amide) rings is 1. The molecule has 2 heterocycles. The van der Waals surface area contributed by atoms with Gasteiger partial charge < -0.3 is 14.8 Å². The van der Waals surface area contributed by atoms with Crippen LogP contribution < -0.4 is 5.32 Å². The van der Waals surface area contributed by atoms with Gasteiger partial charge in [0, 0.05) is 17.4 Å². The fourth-order valence-corrected chi connectivity index (χ4v) is 6.30. The lowest BCUT2D eigenvalue weighted by Crippen LogP contribution is -2.70. The number of hydrogen-bond donors (Lipinski definition) is 1. The van der Waals surface area contributed by atoms with E-state index in [-0.39, 0.29) is 24.6 Å². The zero-order valence-corrected chi connectivity index (χ0v) is 24.7. The molecule has 3 aromatic carbocycles. The highest BCUT2D eigenvalue weighted by Gasteiger charge is 2.54. The van der Waals surface area contributed by atoms with Crippen molar-refractivity contribution in [3.8, 4) is 0 Å². The lowest BCUT2D eigenvalue weighted by Gasteiger charge is -2.49. The summed E-state index contributed by atoms with van der Waals surface area (Å²) >= 11 is 1.40. The molecule has 0 unspecified atom stereocenters. The number of ether oxygens (including phenoxy) is 2. The SMILES string of the molecule is CC(C)=CC(=O)OCC1=C(C(=O)OC(c2ccccc2)c2ccccc2)N2C(=O)[C@@H](NC(=O)Cc3ccccc3)[C@H]2SC1. The average Bonchev–Trinajstić information content (AvgIpc) is 3.02. The summed E-state index contributed by atoms with van der Waals surface area (Å²) in [4.78, 5) is 53.9. The first-order valence-corrected chi connectivity index (χ1v) is 15.0. The molecule has 8 nitrogen and oxygen atoms in total. The third-order valence-corrected chi connectivity index (χ3v) is 8.33. The molecule has 0 spiro atoms. The highest BCUT2D eigenvalue weighted by atomic mass is 32.2. The zero-order chi connectivity index (χ0) is 30.3. The third kappa shape index (κ3) is 7.06. The molecule has 2 atom stereocenters. The lowest BCUT2D eigenvalue weighted by atomic mass is 10.0. The molecule has 0 radical (unpaired) electrons. The molecular weight excluding hydrogens is 564 g/mol. The minimum atomic E-state index is -0.794. The highest BCUT2D eigenvalue weighted by molar-refractivity contribution is 8.00. The number of benzene rings is 3. The molecule has 0 aliphatic carbocycles. The van der Waals surface area contributed by atoms with Gasteiger partial charge in [-0.1, -0.05) is 96.6 Å². The molecule has 43 heavy (non-hydrogen) atoms. The van der Waals surface area contributed by atoms with Crippen LogP contribution in [0.2, 0.25) is 0 Å². The molecule has 1 fully saturated rings. The number of carbonyl (C=O) groups excluding carboxylic acids is 4. The van der Waals surface area contributed by atoms with Gasteiger partial charge >= 0.3 is 11.9 Å². The number of hydrogen-bond acceptors (Lipinski definition) is 7. The Hall–Kier alpha value is -4.63. The van der Waals surface area contributed by atoms with Gasteiger partial charge in [-0.3, -0.25) is 14.5 Å². The largest absolute Gasteiger partial charge is 0.458 e. The van der Waals surface area contributed by atoms with Crippen molar-refractivity contribution in [2.75, 3.05) is 12.4 Å². The first-order valence-electron chi connectivity index (χ1n) is 13.9. The molecule has 2 amide bonds. The summed E-state index contributed by atoms with van der Waals surface area (Å²) in [6.07, 6.45) is 0.766. The first kappa shape index (κ1) is 29.8. The summed E-state index contributed by atoms with van der Waals surface area (Å²) in [7, 11) is 0. The second kappa shape index (κ2) is 13.6. The van der Waals surface area contributed by atoms with Crippen molar-refractivity contribution in [1.82, 2.24) is 10.2 Å². The fourth-order valence-electron chi connectivity index (χ4n) is 4.97. The smallest absolute Gasteiger partial charge is 0.356 e. The normalized spacial score (nSPS) is 17.5. The molecule has 0 saturated carbocycles. The molecule has 9 heteroatoms. The maximum atomic E-state index is 14.0. The Labute approximate surface area is 254 Å². The Kier molecular flexibility index (Phi) is 9.41. The second-order valence-electron chi connectivity index (χ2n) is 10.5. The predicted molar refractivity (Wildman–Crippen MR) is 163 cm³/mol. The minimum absolute atomic E-state index is 0.0455. The van der Waals surface area contributed by atoms with Crippen LogP contribution in [0, 0.1) is 0 Å². The fraction of sp³-hybridized carbons (Fsp3) is 0.235. The second-order valence-corrected chi connectivity index (χ2v) is 11.6. The van der Waals surface area contributed by atoms with E-state index in [2.05, 4.69) is 5.32 Å². The molecule has 0 bridgehead atoms. The number of fused-ring (bicyclic) bond motifs is 1. The number of esters is 2. The van der Waals surface area contributed by atoms with Gasteiger partial charge in [0.15, 0.2) is 6.10 Å². The Morgan fingerprint density at radius 1 is 0.930 bits per heavy atom. The van der Waals surface area contributed by atoms with Gasteiger partial charge in [0.2, 0.25) is 5.91 Å². The van der Waals surface area contributed by atoms with Crippen LogP contribution in [-0.2, 0) is 35.1 Å². The van der Waals surface area contributed by atoms with Crippen LogP contribution in [0.3, 0.4) is 0 Å². The monoisotopic (exact) mass is 596 g/mol. The van der Waals surface area contributed by atoms with Crippen LogP contribution in [0.15, 0.2) is 114 Å². The van der Waals surface area contributed by atoms with E-state index in [0.29, 0.717) is 11.3 Å². The van der Waals surface area contributed by atoms with Crippen LogP contribution in [0.5, 0.6) is 0 Å². The van der Waals surface area contributed by atoms with Crippen molar-refractivity contribution in [2.24, 2.45) is 0 Å². The number of rotatable bonds is 10. The third-order valence-electron chi connectivity index (χ3n) is 6.99. The van der Waals surface area contributed by atoms with Crippen LogP contribution in [-0.4, -0.2) is 52.4 Å². The summed E-state index contributed by atoms with van der Waals surface area (Å²) in [6, 6.07) is 27.2. The van der Waals surface area contributed by atoms with Crippen molar-refractivity contribution in [3.63, 3.8) is 0 Å². The van der Waals surface area contributed by atoms with Crippen molar-refractivity contribution < 1.29 is 28.7 Å². The first-order chi connectivity index (χ1) is 20.8. The number of nitrogens with one attached hydrogen (secondary N) is 1. The number of thioether (sulfide) groups is 1. The number of carbonyl (C=O) groups is 4. The Morgan fingerprint density at radius 2 is 1.51 bits per heavy atom. The maximum Gasteiger partial charge on any atom is 0.356 e. The van der Waals surface area contributed by atoms with Gasteiger partial charge in [-0.05, 0) is 30.5 Å². The summed E-state index contributed by atoms with van der Waals surface area (Å²) < 4.78 is 11.6. The maximum absolute atomic E-state index is 14.0. The topological polar surface area (TPSA) is 102 Å². The number of nitrogens with zero attached hydrogens (tertiary/aromatic N) is 1. The standard InChI is InChI=1S/C34H32N2O6S/c1-22(2)18-28(38)41-20-26-21-43-33-29(35-27(37)19-23-12-6-3-7-13-23)32(39)36(33)30(26)34(40)42-31(24-14-8-4-9-15-24)25-16-10-5-11-17-25/h3-18,29,31,33H,19-21H2,1-2H3,(H,35,37)/t29-,33-/m1/s1. The summed E-state index contributed by atoms with van der Waals surface area (Å²) in [5.41, 5.74) is 3.65.